The second-order valence-electron chi connectivity index (χ2n) is 4.13. The molecule has 1 atom stereocenters. The molecule has 1 unspecified atom stereocenters. The van der Waals surface area contributed by atoms with Crippen molar-refractivity contribution in [2.24, 2.45) is 0 Å². The number of urea groups is 1. The summed E-state index contributed by atoms with van der Waals surface area (Å²) < 4.78 is 0. The predicted octanol–water partition coefficient (Wildman–Crippen LogP) is 3.20. The Balaban J connectivity index is 2.68. The summed E-state index contributed by atoms with van der Waals surface area (Å²) in [5, 5.41) is 2.88. The van der Waals surface area contributed by atoms with E-state index < -0.39 is 6.03 Å². The molecule has 104 valence electrons. The number of rotatable bonds is 4. The van der Waals surface area contributed by atoms with Crippen molar-refractivity contribution in [3.63, 3.8) is 0 Å². The van der Waals surface area contributed by atoms with Crippen molar-refractivity contribution in [1.82, 2.24) is 10.2 Å². The summed E-state index contributed by atoms with van der Waals surface area (Å²) in [6.07, 6.45) is 0.118. The molecule has 0 aliphatic rings. The van der Waals surface area contributed by atoms with Crippen LogP contribution in [0, 0.1) is 0 Å². The second kappa shape index (κ2) is 7.36. The second-order valence-corrected chi connectivity index (χ2v) is 4.95. The molecule has 0 spiro atoms. The molecular weight excluding hydrogens is 287 g/mol. The van der Waals surface area contributed by atoms with Crippen LogP contribution in [0.25, 0.3) is 0 Å². The third-order valence-corrected chi connectivity index (χ3v) is 3.22. The zero-order valence-electron chi connectivity index (χ0n) is 10.8. The minimum absolute atomic E-state index is 0.118. The van der Waals surface area contributed by atoms with Gasteiger partial charge in [-0.3, -0.25) is 10.1 Å². The highest BCUT2D eigenvalue weighted by molar-refractivity contribution is 6.30. The number of carbonyl (C=O) groups excluding carboxylic acids is 2. The van der Waals surface area contributed by atoms with Gasteiger partial charge in [0.15, 0.2) is 0 Å². The summed E-state index contributed by atoms with van der Waals surface area (Å²) in [7, 11) is 1.62. The van der Waals surface area contributed by atoms with Gasteiger partial charge in [-0.1, -0.05) is 23.7 Å². The first kappa shape index (κ1) is 15.8. The normalized spacial score (nSPS) is 11.8. The smallest absolute Gasteiger partial charge is 0.321 e. The lowest BCUT2D eigenvalue weighted by atomic mass is 10.1. The van der Waals surface area contributed by atoms with Crippen molar-refractivity contribution in [2.45, 2.75) is 19.4 Å². The maximum Gasteiger partial charge on any atom is 0.324 e. The average Bonchev–Trinajstić information content (AvgIpc) is 2.37. The summed E-state index contributed by atoms with van der Waals surface area (Å²) in [5.41, 5.74) is 0.898. The lowest BCUT2D eigenvalue weighted by molar-refractivity contribution is -0.119. The van der Waals surface area contributed by atoms with Gasteiger partial charge in [-0.2, -0.15) is 0 Å². The Morgan fingerprint density at radius 3 is 2.68 bits per heavy atom. The van der Waals surface area contributed by atoms with Crippen LogP contribution in [0.15, 0.2) is 24.3 Å². The van der Waals surface area contributed by atoms with E-state index in [1.54, 1.807) is 19.2 Å². The molecule has 0 bridgehead atoms. The maximum atomic E-state index is 11.8. The van der Waals surface area contributed by atoms with Crippen LogP contribution in [-0.2, 0) is 4.79 Å². The number of imide groups is 1. The Morgan fingerprint density at radius 1 is 1.42 bits per heavy atom. The van der Waals surface area contributed by atoms with Crippen molar-refractivity contribution in [3.8, 4) is 0 Å². The number of amides is 3. The molecule has 0 aliphatic carbocycles. The molecule has 0 fully saturated rings. The van der Waals surface area contributed by atoms with Crippen molar-refractivity contribution < 1.29 is 9.59 Å². The van der Waals surface area contributed by atoms with Crippen LogP contribution in [0.5, 0.6) is 0 Å². The highest BCUT2D eigenvalue weighted by atomic mass is 35.5. The molecule has 0 heterocycles. The molecule has 1 N–H and O–H groups in total. The SMILES string of the molecule is CC(c1cccc(Cl)c1)N(C)C(=O)NC(=O)CCCl. The first-order chi connectivity index (χ1) is 8.95. The summed E-state index contributed by atoms with van der Waals surface area (Å²) in [4.78, 5) is 24.6. The summed E-state index contributed by atoms with van der Waals surface area (Å²) in [6, 6.07) is 6.60. The zero-order valence-corrected chi connectivity index (χ0v) is 12.3. The van der Waals surface area contributed by atoms with Gasteiger partial charge in [-0.15, -0.1) is 11.6 Å². The topological polar surface area (TPSA) is 49.4 Å². The molecule has 0 radical (unpaired) electrons. The number of carbonyl (C=O) groups is 2. The van der Waals surface area contributed by atoms with E-state index in [1.165, 1.54) is 4.90 Å². The first-order valence-electron chi connectivity index (χ1n) is 5.83. The van der Waals surface area contributed by atoms with E-state index in [0.29, 0.717) is 5.02 Å². The fourth-order valence-corrected chi connectivity index (χ4v) is 1.89. The molecule has 0 aromatic heterocycles. The van der Waals surface area contributed by atoms with E-state index in [4.69, 9.17) is 23.2 Å². The molecule has 1 rings (SSSR count). The van der Waals surface area contributed by atoms with Crippen LogP contribution >= 0.6 is 23.2 Å². The van der Waals surface area contributed by atoms with Gasteiger partial charge < -0.3 is 4.90 Å². The fourth-order valence-electron chi connectivity index (χ4n) is 1.52. The standard InChI is InChI=1S/C13H16Cl2N2O2/c1-9(10-4-3-5-11(15)8-10)17(2)13(19)16-12(18)6-7-14/h3-5,8-9H,6-7H2,1-2H3,(H,16,18,19). The van der Waals surface area contributed by atoms with Crippen LogP contribution in [-0.4, -0.2) is 29.8 Å². The minimum Gasteiger partial charge on any atom is -0.321 e. The van der Waals surface area contributed by atoms with E-state index in [-0.39, 0.29) is 24.2 Å². The Kier molecular flexibility index (Phi) is 6.12. The fraction of sp³-hybridized carbons (Fsp3) is 0.385. The van der Waals surface area contributed by atoms with Crippen LogP contribution in [0.2, 0.25) is 5.02 Å². The molecule has 19 heavy (non-hydrogen) atoms. The van der Waals surface area contributed by atoms with Crippen LogP contribution in [0.4, 0.5) is 4.79 Å². The highest BCUT2D eigenvalue weighted by Gasteiger charge is 2.19. The number of nitrogens with one attached hydrogen (secondary N) is 1. The molecule has 6 heteroatoms. The third kappa shape index (κ3) is 4.73. The van der Waals surface area contributed by atoms with Gasteiger partial charge in [0.05, 0.1) is 6.04 Å². The Hall–Kier alpha value is -1.26. The van der Waals surface area contributed by atoms with Crippen molar-refractivity contribution in [2.75, 3.05) is 12.9 Å². The summed E-state index contributed by atoms with van der Waals surface area (Å²) in [5.74, 6) is -0.197. The van der Waals surface area contributed by atoms with Gasteiger partial charge in [0.25, 0.3) is 0 Å². The number of benzene rings is 1. The largest absolute Gasteiger partial charge is 0.324 e. The third-order valence-electron chi connectivity index (χ3n) is 2.80. The van der Waals surface area contributed by atoms with Gasteiger partial charge in [-0.25, -0.2) is 4.79 Å². The quantitative estimate of drug-likeness (QED) is 0.868. The van der Waals surface area contributed by atoms with Crippen molar-refractivity contribution in [3.05, 3.63) is 34.9 Å². The first-order valence-corrected chi connectivity index (χ1v) is 6.75. The molecule has 1 aromatic carbocycles. The average molecular weight is 303 g/mol. The van der Waals surface area contributed by atoms with E-state index in [9.17, 15) is 9.59 Å². The lowest BCUT2D eigenvalue weighted by Gasteiger charge is -2.25. The van der Waals surface area contributed by atoms with E-state index in [2.05, 4.69) is 5.32 Å². The van der Waals surface area contributed by atoms with Gasteiger partial charge in [0.2, 0.25) is 5.91 Å². The highest BCUT2D eigenvalue weighted by Crippen LogP contribution is 2.21. The number of alkyl halides is 1. The molecule has 1 aromatic rings. The van der Waals surface area contributed by atoms with E-state index in [0.717, 1.165) is 5.56 Å². The molecule has 3 amide bonds. The summed E-state index contributed by atoms with van der Waals surface area (Å²) >= 11 is 11.3. The lowest BCUT2D eigenvalue weighted by Crippen LogP contribution is -2.41. The molecular formula is C13H16Cl2N2O2. The monoisotopic (exact) mass is 302 g/mol. The number of hydrogen-bond donors (Lipinski definition) is 1. The minimum atomic E-state index is -0.456. The number of hydrogen-bond acceptors (Lipinski definition) is 2. The van der Waals surface area contributed by atoms with Gasteiger partial charge in [0.1, 0.15) is 0 Å². The molecule has 4 nitrogen and oxygen atoms in total. The zero-order chi connectivity index (χ0) is 14.4. The van der Waals surface area contributed by atoms with E-state index in [1.807, 2.05) is 19.1 Å². The number of halogens is 2. The van der Waals surface area contributed by atoms with Crippen molar-refractivity contribution >= 4 is 35.1 Å². The Morgan fingerprint density at radius 2 is 2.11 bits per heavy atom. The van der Waals surface area contributed by atoms with Gasteiger partial charge in [-0.05, 0) is 24.6 Å². The molecule has 0 saturated heterocycles. The van der Waals surface area contributed by atoms with Crippen LogP contribution < -0.4 is 5.32 Å². The Bertz CT molecular complexity index is 466. The van der Waals surface area contributed by atoms with E-state index >= 15 is 0 Å². The van der Waals surface area contributed by atoms with Crippen molar-refractivity contribution in [1.29, 1.82) is 0 Å². The van der Waals surface area contributed by atoms with Gasteiger partial charge >= 0.3 is 6.03 Å². The predicted molar refractivity (Wildman–Crippen MR) is 76.5 cm³/mol. The molecule has 0 aliphatic heterocycles. The molecule has 0 saturated carbocycles. The number of nitrogens with zero attached hydrogens (tertiary/aromatic N) is 1. The Labute approximate surface area is 122 Å². The van der Waals surface area contributed by atoms with Gasteiger partial charge in [0, 0.05) is 24.4 Å². The van der Waals surface area contributed by atoms with Crippen LogP contribution in [0.1, 0.15) is 24.9 Å². The van der Waals surface area contributed by atoms with Crippen LogP contribution in [0.3, 0.4) is 0 Å². The maximum absolute atomic E-state index is 11.8. The summed E-state index contributed by atoms with van der Waals surface area (Å²) in [6.45, 7) is 1.86.